The van der Waals surface area contributed by atoms with E-state index in [1.165, 1.54) is 0 Å². The van der Waals surface area contributed by atoms with Gasteiger partial charge >= 0.3 is 0 Å². The van der Waals surface area contributed by atoms with Crippen molar-refractivity contribution in [2.24, 2.45) is 0 Å². The second-order valence-corrected chi connectivity index (χ2v) is 4.76. The van der Waals surface area contributed by atoms with E-state index in [-0.39, 0.29) is 0 Å². The van der Waals surface area contributed by atoms with Crippen molar-refractivity contribution in [3.63, 3.8) is 0 Å². The first-order valence-corrected chi connectivity index (χ1v) is 6.72. The summed E-state index contributed by atoms with van der Waals surface area (Å²) in [5.74, 6) is 0.946. The van der Waals surface area contributed by atoms with Crippen LogP contribution in [-0.4, -0.2) is 30.1 Å². The number of aryl methyl sites for hydroxylation is 1. The molecule has 1 rings (SSSR count). The maximum Gasteiger partial charge on any atom is 0.254 e. The van der Waals surface area contributed by atoms with Gasteiger partial charge in [0.25, 0.3) is 5.24 Å². The minimum Gasteiger partial charge on any atom is -0.369 e. The monoisotopic (exact) mass is 293 g/mol. The summed E-state index contributed by atoms with van der Waals surface area (Å²) in [4.78, 5) is 13.3. The van der Waals surface area contributed by atoms with Gasteiger partial charge in [-0.05, 0) is 36.2 Å². The summed E-state index contributed by atoms with van der Waals surface area (Å²) < 4.78 is 0. The number of rotatable bonds is 6. The van der Waals surface area contributed by atoms with E-state index >= 15 is 0 Å². The van der Waals surface area contributed by atoms with Crippen molar-refractivity contribution in [3.05, 3.63) is 29.3 Å². The summed E-state index contributed by atoms with van der Waals surface area (Å²) in [6.45, 7) is 3.23. The highest BCUT2D eigenvalue weighted by Gasteiger charge is 2.14. The van der Waals surface area contributed by atoms with Crippen LogP contribution in [0, 0.1) is 6.92 Å². The zero-order chi connectivity index (χ0) is 12.8. The van der Waals surface area contributed by atoms with Crippen molar-refractivity contribution in [1.29, 1.82) is 0 Å². The quantitative estimate of drug-likeness (QED) is 0.589. The van der Waals surface area contributed by atoms with Crippen molar-refractivity contribution >= 4 is 45.7 Å². The molecule has 17 heavy (non-hydrogen) atoms. The summed E-state index contributed by atoms with van der Waals surface area (Å²) in [6, 6.07) is 5.52. The van der Waals surface area contributed by atoms with Crippen molar-refractivity contribution in [1.82, 2.24) is 0 Å². The van der Waals surface area contributed by atoms with Gasteiger partial charge in [-0.1, -0.05) is 6.07 Å². The molecule has 1 aromatic rings. The van der Waals surface area contributed by atoms with Crippen LogP contribution >= 0.6 is 34.8 Å². The Labute approximate surface area is 116 Å². The summed E-state index contributed by atoms with van der Waals surface area (Å²) in [7, 11) is 0. The molecule has 0 aliphatic heterocycles. The maximum atomic E-state index is 11.4. The van der Waals surface area contributed by atoms with E-state index in [2.05, 4.69) is 0 Å². The molecule has 2 nitrogen and oxygen atoms in total. The fraction of sp³-hybridized carbons (Fsp3) is 0.417. The molecule has 0 aliphatic rings. The van der Waals surface area contributed by atoms with E-state index in [1.54, 1.807) is 6.07 Å². The normalized spacial score (nSPS) is 10.4. The minimum absolute atomic E-state index is 0.464. The van der Waals surface area contributed by atoms with Gasteiger partial charge in [-0.15, -0.1) is 23.2 Å². The summed E-state index contributed by atoms with van der Waals surface area (Å²) in [6.07, 6.45) is 0. The van der Waals surface area contributed by atoms with Gasteiger partial charge in [-0.25, -0.2) is 0 Å². The van der Waals surface area contributed by atoms with Gasteiger partial charge < -0.3 is 4.90 Å². The molecule has 0 saturated carbocycles. The first-order chi connectivity index (χ1) is 8.10. The highest BCUT2D eigenvalue weighted by Crippen LogP contribution is 2.24. The van der Waals surface area contributed by atoms with Crippen molar-refractivity contribution in [3.8, 4) is 0 Å². The number of carbonyl (C=O) groups is 1. The molecule has 0 amide bonds. The Morgan fingerprint density at radius 3 is 2.29 bits per heavy atom. The highest BCUT2D eigenvalue weighted by atomic mass is 35.5. The van der Waals surface area contributed by atoms with Gasteiger partial charge in [-0.3, -0.25) is 4.79 Å². The Balaban J connectivity index is 3.14. The van der Waals surface area contributed by atoms with Crippen molar-refractivity contribution in [2.75, 3.05) is 29.7 Å². The molecule has 0 saturated heterocycles. The molecule has 0 unspecified atom stereocenters. The zero-order valence-electron chi connectivity index (χ0n) is 9.55. The molecular weight excluding hydrogens is 280 g/mol. The Morgan fingerprint density at radius 1 is 1.24 bits per heavy atom. The molecule has 0 aromatic heterocycles. The zero-order valence-corrected chi connectivity index (χ0v) is 11.8. The van der Waals surface area contributed by atoms with Crippen LogP contribution in [-0.2, 0) is 0 Å². The van der Waals surface area contributed by atoms with E-state index in [1.807, 2.05) is 24.0 Å². The molecule has 0 bridgehead atoms. The topological polar surface area (TPSA) is 20.3 Å². The number of carbonyl (C=O) groups excluding carboxylic acids is 1. The van der Waals surface area contributed by atoms with Gasteiger partial charge in [0.1, 0.15) is 0 Å². The first kappa shape index (κ1) is 14.6. The highest BCUT2D eigenvalue weighted by molar-refractivity contribution is 6.68. The third kappa shape index (κ3) is 4.06. The molecule has 0 aliphatic carbocycles. The molecule has 0 spiro atoms. The molecule has 5 heteroatoms. The maximum absolute atomic E-state index is 11.4. The average molecular weight is 295 g/mol. The number of anilines is 1. The van der Waals surface area contributed by atoms with Crippen molar-refractivity contribution in [2.45, 2.75) is 6.92 Å². The second kappa shape index (κ2) is 7.10. The molecule has 0 fully saturated rings. The molecule has 94 valence electrons. The van der Waals surface area contributed by atoms with Crippen molar-refractivity contribution < 1.29 is 4.79 Å². The number of halogens is 3. The lowest BCUT2D eigenvalue weighted by atomic mass is 10.1. The lowest BCUT2D eigenvalue weighted by molar-refractivity contribution is 0.108. The number of hydrogen-bond donors (Lipinski definition) is 0. The Bertz CT molecular complexity index is 389. The summed E-state index contributed by atoms with van der Waals surface area (Å²) >= 11 is 17.1. The van der Waals surface area contributed by atoms with Crippen LogP contribution in [0.3, 0.4) is 0 Å². The lowest BCUT2D eigenvalue weighted by Crippen LogP contribution is -2.29. The average Bonchev–Trinajstić information content (AvgIpc) is 2.28. The number of benzene rings is 1. The van der Waals surface area contributed by atoms with Crippen LogP contribution in [0.4, 0.5) is 5.69 Å². The fourth-order valence-corrected chi connectivity index (χ4v) is 2.19. The third-order valence-corrected chi connectivity index (χ3v) is 2.96. The molecule has 1 aromatic carbocycles. The number of alkyl halides is 2. The molecule has 0 atom stereocenters. The van der Waals surface area contributed by atoms with E-state index in [4.69, 9.17) is 34.8 Å². The van der Waals surface area contributed by atoms with Gasteiger partial charge in [0, 0.05) is 30.5 Å². The SMILES string of the molecule is Cc1ccc(C(=O)Cl)c(N(CCCl)CCCl)c1. The standard InChI is InChI=1S/C12H14Cl3NO/c1-9-2-3-10(12(15)17)11(8-9)16(6-4-13)7-5-14/h2-3,8H,4-7H2,1H3. The van der Waals surface area contributed by atoms with Crippen LogP contribution < -0.4 is 4.90 Å². The van der Waals surface area contributed by atoms with E-state index < -0.39 is 5.24 Å². The van der Waals surface area contributed by atoms with Crippen LogP contribution in [0.2, 0.25) is 0 Å². The lowest BCUT2D eigenvalue weighted by Gasteiger charge is -2.25. The predicted octanol–water partition coefficient (Wildman–Crippen LogP) is 3.66. The minimum atomic E-state index is -0.464. The summed E-state index contributed by atoms with van der Waals surface area (Å²) in [5, 5.41) is -0.464. The molecule has 0 heterocycles. The molecular formula is C12H14Cl3NO. The van der Waals surface area contributed by atoms with Crippen LogP contribution in [0.5, 0.6) is 0 Å². The summed E-state index contributed by atoms with van der Waals surface area (Å²) in [5.41, 5.74) is 2.36. The van der Waals surface area contributed by atoms with Gasteiger partial charge in [0.2, 0.25) is 0 Å². The van der Waals surface area contributed by atoms with E-state index in [0.717, 1.165) is 11.3 Å². The van der Waals surface area contributed by atoms with Crippen LogP contribution in [0.1, 0.15) is 15.9 Å². The first-order valence-electron chi connectivity index (χ1n) is 5.27. The smallest absolute Gasteiger partial charge is 0.254 e. The van der Waals surface area contributed by atoms with E-state index in [0.29, 0.717) is 30.4 Å². The van der Waals surface area contributed by atoms with Gasteiger partial charge in [0.15, 0.2) is 0 Å². The van der Waals surface area contributed by atoms with Crippen LogP contribution in [0.15, 0.2) is 18.2 Å². The second-order valence-electron chi connectivity index (χ2n) is 3.66. The largest absolute Gasteiger partial charge is 0.369 e. The van der Waals surface area contributed by atoms with Gasteiger partial charge in [0.05, 0.1) is 5.56 Å². The Morgan fingerprint density at radius 2 is 1.82 bits per heavy atom. The van der Waals surface area contributed by atoms with Crippen LogP contribution in [0.25, 0.3) is 0 Å². The molecule has 0 radical (unpaired) electrons. The molecule has 0 N–H and O–H groups in total. The predicted molar refractivity (Wildman–Crippen MR) is 75.0 cm³/mol. The number of nitrogens with zero attached hydrogens (tertiary/aromatic N) is 1. The fourth-order valence-electron chi connectivity index (χ4n) is 1.63. The number of hydrogen-bond acceptors (Lipinski definition) is 2. The van der Waals surface area contributed by atoms with E-state index in [9.17, 15) is 4.79 Å². The third-order valence-electron chi connectivity index (χ3n) is 2.41. The Kier molecular flexibility index (Phi) is 6.10. The Hall–Kier alpha value is -0.440. The van der Waals surface area contributed by atoms with Gasteiger partial charge in [-0.2, -0.15) is 0 Å².